The maximum atomic E-state index is 12.6. The van der Waals surface area contributed by atoms with Gasteiger partial charge in [-0.1, -0.05) is 6.07 Å². The summed E-state index contributed by atoms with van der Waals surface area (Å²) in [6, 6.07) is 5.51. The van der Waals surface area contributed by atoms with E-state index in [0.29, 0.717) is 0 Å². The van der Waals surface area contributed by atoms with Gasteiger partial charge >= 0.3 is 6.03 Å². The summed E-state index contributed by atoms with van der Waals surface area (Å²) in [5, 5.41) is 5.80. The third-order valence-electron chi connectivity index (χ3n) is 7.39. The molecule has 7 heteroatoms. The molecule has 3 amide bonds. The summed E-state index contributed by atoms with van der Waals surface area (Å²) < 4.78 is 0. The number of amides is 3. The van der Waals surface area contributed by atoms with Crippen molar-refractivity contribution in [2.75, 3.05) is 23.7 Å². The van der Waals surface area contributed by atoms with E-state index in [2.05, 4.69) is 10.6 Å². The van der Waals surface area contributed by atoms with Crippen molar-refractivity contribution in [1.29, 1.82) is 0 Å². The molecule has 158 valence electrons. The number of carbonyl (C=O) groups excluding carboxylic acids is 2. The van der Waals surface area contributed by atoms with Crippen molar-refractivity contribution in [3.05, 3.63) is 23.8 Å². The Bertz CT molecular complexity index is 777. The second kappa shape index (κ2) is 7.71. The summed E-state index contributed by atoms with van der Waals surface area (Å²) in [4.78, 5) is 27.2. The van der Waals surface area contributed by atoms with Gasteiger partial charge < -0.3 is 16.0 Å². The van der Waals surface area contributed by atoms with Crippen LogP contribution in [0.4, 0.5) is 16.2 Å². The second-order valence-corrected chi connectivity index (χ2v) is 9.57. The largest absolute Gasteiger partial charge is 0.398 e. The van der Waals surface area contributed by atoms with Gasteiger partial charge in [0, 0.05) is 23.5 Å². The molecule has 0 unspecified atom stereocenters. The van der Waals surface area contributed by atoms with Crippen LogP contribution in [0.2, 0.25) is 0 Å². The van der Waals surface area contributed by atoms with E-state index in [-0.39, 0.29) is 36.4 Å². The van der Waals surface area contributed by atoms with E-state index in [4.69, 9.17) is 5.73 Å². The van der Waals surface area contributed by atoms with Gasteiger partial charge in [0.05, 0.1) is 6.54 Å². The lowest BCUT2D eigenvalue weighted by atomic mass is 9.53. The van der Waals surface area contributed by atoms with Crippen LogP contribution in [0, 0.1) is 17.8 Å². The van der Waals surface area contributed by atoms with Gasteiger partial charge in [0.15, 0.2) is 0 Å². The Morgan fingerprint density at radius 2 is 1.76 bits per heavy atom. The summed E-state index contributed by atoms with van der Waals surface area (Å²) >= 11 is 0. The fraction of sp³-hybridized carbons (Fsp3) is 0.636. The monoisotopic (exact) mass is 418 g/mol. The SMILES string of the molecule is Cl.Nc1cccc2c1CCCN2CC(=O)NC(=O)NC12CC3CC(CC(C3)C1)C2. The van der Waals surface area contributed by atoms with E-state index < -0.39 is 0 Å². The summed E-state index contributed by atoms with van der Waals surface area (Å²) in [5.41, 5.74) is 8.92. The number of imide groups is 1. The van der Waals surface area contributed by atoms with Gasteiger partial charge in [0.25, 0.3) is 0 Å². The number of hydrogen-bond donors (Lipinski definition) is 3. The van der Waals surface area contributed by atoms with Crippen LogP contribution in [-0.4, -0.2) is 30.6 Å². The van der Waals surface area contributed by atoms with Crippen LogP contribution in [0.15, 0.2) is 18.2 Å². The van der Waals surface area contributed by atoms with Crippen molar-refractivity contribution in [1.82, 2.24) is 10.6 Å². The third kappa shape index (κ3) is 3.91. The van der Waals surface area contributed by atoms with Gasteiger partial charge in [-0.05, 0) is 86.8 Å². The van der Waals surface area contributed by atoms with E-state index in [9.17, 15) is 9.59 Å². The lowest BCUT2D eigenvalue weighted by Gasteiger charge is -2.56. The zero-order valence-electron chi connectivity index (χ0n) is 16.8. The number of nitrogens with two attached hydrogens (primary N) is 1. The average Bonchev–Trinajstić information content (AvgIpc) is 2.60. The summed E-state index contributed by atoms with van der Waals surface area (Å²) in [5.74, 6) is 2.03. The van der Waals surface area contributed by atoms with Crippen molar-refractivity contribution in [3.8, 4) is 0 Å². The Morgan fingerprint density at radius 1 is 1.10 bits per heavy atom. The number of hydrogen-bond acceptors (Lipinski definition) is 4. The molecular formula is C22H31ClN4O2. The van der Waals surface area contributed by atoms with Crippen LogP contribution in [0.3, 0.4) is 0 Å². The zero-order chi connectivity index (χ0) is 19.3. The van der Waals surface area contributed by atoms with Gasteiger partial charge in [0.1, 0.15) is 0 Å². The molecule has 0 aromatic heterocycles. The Balaban J connectivity index is 0.00000205. The van der Waals surface area contributed by atoms with E-state index in [1.165, 1.54) is 19.3 Å². The first-order valence-corrected chi connectivity index (χ1v) is 10.7. The normalized spacial score (nSPS) is 31.6. The molecule has 29 heavy (non-hydrogen) atoms. The molecule has 4 aliphatic carbocycles. The Morgan fingerprint density at radius 3 is 2.41 bits per heavy atom. The molecule has 1 aromatic carbocycles. The maximum Gasteiger partial charge on any atom is 0.321 e. The van der Waals surface area contributed by atoms with E-state index in [0.717, 1.165) is 73.3 Å². The highest BCUT2D eigenvalue weighted by molar-refractivity contribution is 5.97. The molecule has 1 aliphatic heterocycles. The van der Waals surface area contributed by atoms with Crippen LogP contribution >= 0.6 is 12.4 Å². The molecule has 0 atom stereocenters. The smallest absolute Gasteiger partial charge is 0.321 e. The Kier molecular flexibility index (Phi) is 5.40. The first kappa shape index (κ1) is 20.3. The Labute approximate surface area is 178 Å². The zero-order valence-corrected chi connectivity index (χ0v) is 17.6. The predicted octanol–water partition coefficient (Wildman–Crippen LogP) is 3.24. The number of nitrogen functional groups attached to an aromatic ring is 1. The molecule has 4 fully saturated rings. The Hall–Kier alpha value is -1.95. The number of carbonyl (C=O) groups is 2. The number of halogens is 1. The minimum Gasteiger partial charge on any atom is -0.398 e. The van der Waals surface area contributed by atoms with Crippen molar-refractivity contribution < 1.29 is 9.59 Å². The van der Waals surface area contributed by atoms with Crippen LogP contribution in [0.5, 0.6) is 0 Å². The first-order chi connectivity index (χ1) is 13.5. The minimum atomic E-state index is -0.322. The van der Waals surface area contributed by atoms with Crippen LogP contribution < -0.4 is 21.3 Å². The van der Waals surface area contributed by atoms with Crippen LogP contribution in [0.1, 0.15) is 50.5 Å². The minimum absolute atomic E-state index is 0. The highest BCUT2D eigenvalue weighted by Crippen LogP contribution is 2.55. The average molecular weight is 419 g/mol. The lowest BCUT2D eigenvalue weighted by Crippen LogP contribution is -2.62. The van der Waals surface area contributed by atoms with Crippen molar-refractivity contribution >= 4 is 35.7 Å². The van der Waals surface area contributed by atoms with Crippen molar-refractivity contribution in [3.63, 3.8) is 0 Å². The summed E-state index contributed by atoms with van der Waals surface area (Å²) in [7, 11) is 0. The second-order valence-electron chi connectivity index (χ2n) is 9.57. The van der Waals surface area contributed by atoms with Gasteiger partial charge in [-0.25, -0.2) is 4.79 Å². The number of urea groups is 1. The highest BCUT2D eigenvalue weighted by atomic mass is 35.5. The summed E-state index contributed by atoms with van der Waals surface area (Å²) in [6.45, 7) is 0.991. The van der Waals surface area contributed by atoms with Gasteiger partial charge in [0.2, 0.25) is 5.91 Å². The van der Waals surface area contributed by atoms with Crippen LogP contribution in [-0.2, 0) is 11.2 Å². The van der Waals surface area contributed by atoms with Gasteiger partial charge in [-0.3, -0.25) is 10.1 Å². The highest BCUT2D eigenvalue weighted by Gasteiger charge is 2.51. The standard InChI is InChI=1S/C22H30N4O2.ClH/c23-18-4-1-5-19-17(18)3-2-6-26(19)13-20(27)24-21(28)25-22-10-14-7-15(11-22)9-16(8-14)12-22;/h1,4-5,14-16H,2-3,6-13,23H2,(H2,24,25,27,28);1H. The number of benzene rings is 1. The van der Waals surface area contributed by atoms with Gasteiger partial charge in [-0.15, -0.1) is 12.4 Å². The van der Waals surface area contributed by atoms with Crippen LogP contribution in [0.25, 0.3) is 0 Å². The fourth-order valence-electron chi connectivity index (χ4n) is 6.77. The first-order valence-electron chi connectivity index (χ1n) is 10.7. The lowest BCUT2D eigenvalue weighted by molar-refractivity contribution is -0.118. The van der Waals surface area contributed by atoms with Crippen molar-refractivity contribution in [2.45, 2.75) is 56.9 Å². The quantitative estimate of drug-likeness (QED) is 0.657. The molecule has 1 heterocycles. The van der Waals surface area contributed by atoms with Crippen molar-refractivity contribution in [2.24, 2.45) is 17.8 Å². The summed E-state index contributed by atoms with van der Waals surface area (Å²) in [6.07, 6.45) is 9.15. The van der Waals surface area contributed by atoms with Gasteiger partial charge in [-0.2, -0.15) is 0 Å². The number of fused-ring (bicyclic) bond motifs is 1. The number of rotatable bonds is 3. The molecule has 0 saturated heterocycles. The van der Waals surface area contributed by atoms with E-state index in [1.807, 2.05) is 23.1 Å². The van der Waals surface area contributed by atoms with E-state index in [1.54, 1.807) is 0 Å². The predicted molar refractivity (Wildman–Crippen MR) is 116 cm³/mol. The number of nitrogens with one attached hydrogen (secondary N) is 2. The molecule has 4 N–H and O–H groups in total. The molecule has 5 aliphatic rings. The molecule has 6 nitrogen and oxygen atoms in total. The molecule has 4 bridgehead atoms. The third-order valence-corrected chi connectivity index (χ3v) is 7.39. The molecular weight excluding hydrogens is 388 g/mol. The number of nitrogens with zero attached hydrogens (tertiary/aromatic N) is 1. The molecule has 0 spiro atoms. The topological polar surface area (TPSA) is 87.5 Å². The fourth-order valence-corrected chi connectivity index (χ4v) is 6.77. The molecule has 4 saturated carbocycles. The van der Waals surface area contributed by atoms with E-state index >= 15 is 0 Å². The number of anilines is 2. The molecule has 1 aromatic rings. The maximum absolute atomic E-state index is 12.6. The molecule has 0 radical (unpaired) electrons. The molecule has 6 rings (SSSR count).